The molecule has 4 rings (SSSR count). The minimum atomic E-state index is -0.0260. The highest BCUT2D eigenvalue weighted by Crippen LogP contribution is 2.33. The Bertz CT molecular complexity index is 709. The topological polar surface area (TPSA) is 58.4 Å². The van der Waals surface area contributed by atoms with Gasteiger partial charge in [-0.1, -0.05) is 18.9 Å². The molecule has 0 aromatic carbocycles. The number of hydrogen-bond donors (Lipinski definition) is 2. The minimum absolute atomic E-state index is 0.0260. The Balaban J connectivity index is 1.38. The van der Waals surface area contributed by atoms with Gasteiger partial charge in [0.25, 0.3) is 0 Å². The number of amides is 1. The molecule has 5 heteroatoms. The van der Waals surface area contributed by atoms with Crippen LogP contribution in [0.1, 0.15) is 43.5 Å². The largest absolute Gasteiger partial charge is 0.349 e. The Morgan fingerprint density at radius 1 is 1.39 bits per heavy atom. The van der Waals surface area contributed by atoms with Crippen molar-refractivity contribution in [2.24, 2.45) is 5.92 Å². The smallest absolute Gasteiger partial charge is 0.237 e. The first kappa shape index (κ1) is 14.7. The molecule has 0 bridgehead atoms. The van der Waals surface area contributed by atoms with E-state index in [1.165, 1.54) is 25.7 Å². The Morgan fingerprint density at radius 3 is 3.09 bits per heavy atom. The van der Waals surface area contributed by atoms with Crippen LogP contribution in [0.15, 0.2) is 24.4 Å². The summed E-state index contributed by atoms with van der Waals surface area (Å²) in [5.74, 6) is 0.811. The molecule has 0 spiro atoms. The average molecular weight is 312 g/mol. The summed E-state index contributed by atoms with van der Waals surface area (Å²) >= 11 is 0. The van der Waals surface area contributed by atoms with Gasteiger partial charge in [0.15, 0.2) is 0 Å². The first-order valence-corrected chi connectivity index (χ1v) is 8.68. The number of rotatable bonds is 3. The maximum absolute atomic E-state index is 12.4. The van der Waals surface area contributed by atoms with Crippen LogP contribution in [0.5, 0.6) is 0 Å². The zero-order chi connectivity index (χ0) is 15.8. The van der Waals surface area contributed by atoms with Crippen molar-refractivity contribution >= 4 is 11.6 Å². The molecule has 3 unspecified atom stereocenters. The first-order chi connectivity index (χ1) is 11.2. The Hall–Kier alpha value is -1.88. The van der Waals surface area contributed by atoms with Crippen molar-refractivity contribution in [2.45, 2.75) is 57.7 Å². The second kappa shape index (κ2) is 5.96. The van der Waals surface area contributed by atoms with Gasteiger partial charge in [-0.25, -0.2) is 4.98 Å². The van der Waals surface area contributed by atoms with Gasteiger partial charge in [0.1, 0.15) is 5.65 Å². The summed E-state index contributed by atoms with van der Waals surface area (Å²) < 4.78 is 2.06. The van der Waals surface area contributed by atoms with Crippen molar-refractivity contribution in [3.63, 3.8) is 0 Å². The molecule has 1 aliphatic heterocycles. The molecule has 2 fully saturated rings. The van der Waals surface area contributed by atoms with Crippen LogP contribution in [0.25, 0.3) is 5.65 Å². The zero-order valence-corrected chi connectivity index (χ0v) is 13.6. The monoisotopic (exact) mass is 312 g/mol. The molecular weight excluding hydrogens is 288 g/mol. The molecule has 2 aliphatic rings. The van der Waals surface area contributed by atoms with Crippen LogP contribution in [0.4, 0.5) is 0 Å². The number of nitrogens with zero attached hydrogens (tertiary/aromatic N) is 2. The predicted octanol–water partition coefficient (Wildman–Crippen LogP) is 2.18. The van der Waals surface area contributed by atoms with Crippen LogP contribution in [-0.4, -0.2) is 27.4 Å². The van der Waals surface area contributed by atoms with E-state index >= 15 is 0 Å². The second-order valence-electron chi connectivity index (χ2n) is 6.95. The highest BCUT2D eigenvalue weighted by Gasteiger charge is 2.38. The number of carbonyl (C=O) groups excluding carboxylic acids is 1. The molecule has 2 N–H and O–H groups in total. The molecule has 122 valence electrons. The normalized spacial score (nSPS) is 27.1. The zero-order valence-electron chi connectivity index (χ0n) is 13.6. The summed E-state index contributed by atoms with van der Waals surface area (Å²) in [7, 11) is 0. The van der Waals surface area contributed by atoms with Gasteiger partial charge in [0, 0.05) is 17.9 Å². The number of aryl methyl sites for hydroxylation is 1. The molecule has 3 heterocycles. The van der Waals surface area contributed by atoms with Gasteiger partial charge in [-0.2, -0.15) is 0 Å². The third-order valence-electron chi connectivity index (χ3n) is 5.37. The third kappa shape index (κ3) is 2.85. The average Bonchev–Trinajstić information content (AvgIpc) is 3.17. The summed E-state index contributed by atoms with van der Waals surface area (Å²) in [6.07, 6.45) is 8.10. The van der Waals surface area contributed by atoms with Crippen LogP contribution < -0.4 is 10.6 Å². The summed E-state index contributed by atoms with van der Waals surface area (Å²) in [5.41, 5.74) is 2.98. The number of hydrogen-bond acceptors (Lipinski definition) is 3. The number of pyridine rings is 1. The second-order valence-corrected chi connectivity index (χ2v) is 6.95. The lowest BCUT2D eigenvalue weighted by Crippen LogP contribution is -2.42. The molecule has 2 aromatic rings. The number of nitrogens with one attached hydrogen (secondary N) is 2. The molecule has 1 saturated carbocycles. The predicted molar refractivity (Wildman–Crippen MR) is 89.1 cm³/mol. The van der Waals surface area contributed by atoms with Gasteiger partial charge < -0.3 is 15.0 Å². The standard InChI is InChI=1S/C18H24N4O/c1-12-5-4-8-17-20-14(11-22(12)17)10-19-18(23)16-9-13-6-2-3-7-15(13)21-16/h4-5,8,11,13,15-16,21H,2-3,6-7,9-10H2,1H3,(H,19,23). The van der Waals surface area contributed by atoms with Crippen molar-refractivity contribution in [3.8, 4) is 0 Å². The van der Waals surface area contributed by atoms with E-state index in [0.29, 0.717) is 18.5 Å². The van der Waals surface area contributed by atoms with E-state index in [1.807, 2.05) is 18.3 Å². The van der Waals surface area contributed by atoms with Gasteiger partial charge in [-0.05, 0) is 44.2 Å². The van der Waals surface area contributed by atoms with Crippen molar-refractivity contribution in [3.05, 3.63) is 35.8 Å². The molecule has 5 nitrogen and oxygen atoms in total. The Labute approximate surface area is 136 Å². The first-order valence-electron chi connectivity index (χ1n) is 8.68. The fraction of sp³-hybridized carbons (Fsp3) is 0.556. The molecule has 23 heavy (non-hydrogen) atoms. The van der Waals surface area contributed by atoms with Crippen LogP contribution >= 0.6 is 0 Å². The van der Waals surface area contributed by atoms with E-state index in [-0.39, 0.29) is 11.9 Å². The van der Waals surface area contributed by atoms with Gasteiger partial charge in [-0.3, -0.25) is 4.79 Å². The number of carbonyl (C=O) groups is 1. The maximum atomic E-state index is 12.4. The van der Waals surface area contributed by atoms with Gasteiger partial charge in [0.05, 0.1) is 18.3 Å². The molecule has 2 aromatic heterocycles. The lowest BCUT2D eigenvalue weighted by atomic mass is 9.85. The molecular formula is C18H24N4O. The van der Waals surface area contributed by atoms with Crippen molar-refractivity contribution in [2.75, 3.05) is 0 Å². The summed E-state index contributed by atoms with van der Waals surface area (Å²) in [5, 5.41) is 6.58. The van der Waals surface area contributed by atoms with Crippen molar-refractivity contribution < 1.29 is 4.79 Å². The van der Waals surface area contributed by atoms with Crippen LogP contribution in [-0.2, 0) is 11.3 Å². The van der Waals surface area contributed by atoms with Crippen LogP contribution in [0.3, 0.4) is 0 Å². The van der Waals surface area contributed by atoms with E-state index < -0.39 is 0 Å². The fourth-order valence-electron chi connectivity index (χ4n) is 4.11. The summed E-state index contributed by atoms with van der Waals surface area (Å²) in [6, 6.07) is 6.58. The quantitative estimate of drug-likeness (QED) is 0.913. The van der Waals surface area contributed by atoms with E-state index in [1.54, 1.807) is 0 Å². The number of fused-ring (bicyclic) bond motifs is 2. The number of imidazole rings is 1. The molecule has 3 atom stereocenters. The Kier molecular flexibility index (Phi) is 3.81. The number of aromatic nitrogens is 2. The van der Waals surface area contributed by atoms with Crippen LogP contribution in [0.2, 0.25) is 0 Å². The molecule has 1 amide bonds. The Morgan fingerprint density at radius 2 is 2.26 bits per heavy atom. The molecule has 1 saturated heterocycles. The summed E-state index contributed by atoms with van der Waals surface area (Å²) in [6.45, 7) is 2.55. The SMILES string of the molecule is Cc1cccc2nc(CNC(=O)C3CC4CCCCC4N3)cn12. The van der Waals surface area contributed by atoms with Gasteiger partial charge in [0.2, 0.25) is 5.91 Å². The minimum Gasteiger partial charge on any atom is -0.349 e. The lowest BCUT2D eigenvalue weighted by Gasteiger charge is -2.24. The van der Waals surface area contributed by atoms with E-state index in [0.717, 1.165) is 23.5 Å². The van der Waals surface area contributed by atoms with Gasteiger partial charge >= 0.3 is 0 Å². The van der Waals surface area contributed by atoms with Crippen molar-refractivity contribution in [1.29, 1.82) is 0 Å². The fourth-order valence-corrected chi connectivity index (χ4v) is 4.11. The van der Waals surface area contributed by atoms with E-state index in [2.05, 4.69) is 33.0 Å². The van der Waals surface area contributed by atoms with Gasteiger partial charge in [-0.15, -0.1) is 0 Å². The third-order valence-corrected chi connectivity index (χ3v) is 5.37. The van der Waals surface area contributed by atoms with Crippen molar-refractivity contribution in [1.82, 2.24) is 20.0 Å². The lowest BCUT2D eigenvalue weighted by molar-refractivity contribution is -0.123. The van der Waals surface area contributed by atoms with E-state index in [9.17, 15) is 4.79 Å². The molecule has 1 aliphatic carbocycles. The highest BCUT2D eigenvalue weighted by molar-refractivity contribution is 5.82. The van der Waals surface area contributed by atoms with Crippen LogP contribution in [0, 0.1) is 12.8 Å². The maximum Gasteiger partial charge on any atom is 0.237 e. The molecule has 0 radical (unpaired) electrons. The van der Waals surface area contributed by atoms with E-state index in [4.69, 9.17) is 0 Å². The summed E-state index contributed by atoms with van der Waals surface area (Å²) in [4.78, 5) is 17.0. The highest BCUT2D eigenvalue weighted by atomic mass is 16.2.